The maximum atomic E-state index is 5.77. The van der Waals surface area contributed by atoms with E-state index in [0.717, 1.165) is 11.5 Å². The SMILES string of the molecule is CNC(c1cccc2c1OCCO2)C(C)(C)C. The van der Waals surface area contributed by atoms with Crippen molar-refractivity contribution in [3.63, 3.8) is 0 Å². The summed E-state index contributed by atoms with van der Waals surface area (Å²) in [4.78, 5) is 0. The van der Waals surface area contributed by atoms with Crippen molar-refractivity contribution in [3.05, 3.63) is 23.8 Å². The molecule has 1 atom stereocenters. The lowest BCUT2D eigenvalue weighted by Gasteiger charge is -2.33. The van der Waals surface area contributed by atoms with E-state index >= 15 is 0 Å². The van der Waals surface area contributed by atoms with Crippen LogP contribution in [0.4, 0.5) is 0 Å². The van der Waals surface area contributed by atoms with Crippen LogP contribution >= 0.6 is 0 Å². The Kier molecular flexibility index (Phi) is 3.29. The molecule has 1 aliphatic rings. The highest BCUT2D eigenvalue weighted by molar-refractivity contribution is 5.49. The van der Waals surface area contributed by atoms with E-state index in [0.29, 0.717) is 13.2 Å². The van der Waals surface area contributed by atoms with Crippen LogP contribution in [0.1, 0.15) is 32.4 Å². The molecule has 0 bridgehead atoms. The van der Waals surface area contributed by atoms with Gasteiger partial charge in [-0.2, -0.15) is 0 Å². The Balaban J connectivity index is 2.44. The van der Waals surface area contributed by atoms with E-state index in [4.69, 9.17) is 9.47 Å². The van der Waals surface area contributed by atoms with Gasteiger partial charge in [-0.05, 0) is 18.5 Å². The van der Waals surface area contributed by atoms with E-state index in [2.05, 4.69) is 32.2 Å². The monoisotopic (exact) mass is 235 g/mol. The van der Waals surface area contributed by atoms with Crippen LogP contribution in [0.25, 0.3) is 0 Å². The van der Waals surface area contributed by atoms with Crippen molar-refractivity contribution in [1.29, 1.82) is 0 Å². The predicted octanol–water partition coefficient (Wildman–Crippen LogP) is 2.76. The Labute approximate surface area is 103 Å². The molecule has 0 fully saturated rings. The van der Waals surface area contributed by atoms with Crippen molar-refractivity contribution in [2.75, 3.05) is 20.3 Å². The molecule has 0 saturated heterocycles. The van der Waals surface area contributed by atoms with Crippen LogP contribution in [0.5, 0.6) is 11.5 Å². The molecule has 0 spiro atoms. The third kappa shape index (κ3) is 2.39. The van der Waals surface area contributed by atoms with Crippen molar-refractivity contribution >= 4 is 0 Å². The lowest BCUT2D eigenvalue weighted by molar-refractivity contribution is 0.165. The maximum Gasteiger partial charge on any atom is 0.166 e. The normalized spacial score (nSPS) is 16.7. The number of nitrogens with one attached hydrogen (secondary N) is 1. The minimum atomic E-state index is 0.130. The van der Waals surface area contributed by atoms with Crippen LogP contribution < -0.4 is 14.8 Å². The summed E-state index contributed by atoms with van der Waals surface area (Å²) < 4.78 is 11.4. The van der Waals surface area contributed by atoms with E-state index in [1.807, 2.05) is 19.2 Å². The first-order valence-corrected chi connectivity index (χ1v) is 6.10. The average molecular weight is 235 g/mol. The fourth-order valence-corrected chi connectivity index (χ4v) is 2.38. The van der Waals surface area contributed by atoms with E-state index in [1.165, 1.54) is 5.56 Å². The molecule has 1 N–H and O–H groups in total. The van der Waals surface area contributed by atoms with Crippen LogP contribution in [0.15, 0.2) is 18.2 Å². The Morgan fingerprint density at radius 1 is 1.18 bits per heavy atom. The zero-order valence-corrected chi connectivity index (χ0v) is 11.0. The Hall–Kier alpha value is -1.22. The number of rotatable bonds is 2. The van der Waals surface area contributed by atoms with Gasteiger partial charge in [0.1, 0.15) is 13.2 Å². The minimum absolute atomic E-state index is 0.130. The average Bonchev–Trinajstić information content (AvgIpc) is 2.28. The summed E-state index contributed by atoms with van der Waals surface area (Å²) in [5.41, 5.74) is 1.31. The highest BCUT2D eigenvalue weighted by Gasteiger charge is 2.29. The second kappa shape index (κ2) is 4.57. The molecular formula is C14H21NO2. The topological polar surface area (TPSA) is 30.5 Å². The van der Waals surface area contributed by atoms with E-state index in [9.17, 15) is 0 Å². The molecule has 1 aromatic rings. The van der Waals surface area contributed by atoms with Gasteiger partial charge >= 0.3 is 0 Å². The van der Waals surface area contributed by atoms with Crippen LogP contribution in [-0.4, -0.2) is 20.3 Å². The summed E-state index contributed by atoms with van der Waals surface area (Å²) >= 11 is 0. The summed E-state index contributed by atoms with van der Waals surface area (Å²) in [6, 6.07) is 6.35. The van der Waals surface area contributed by atoms with Gasteiger partial charge in [-0.1, -0.05) is 32.9 Å². The van der Waals surface area contributed by atoms with Gasteiger partial charge in [0.25, 0.3) is 0 Å². The largest absolute Gasteiger partial charge is 0.486 e. The van der Waals surface area contributed by atoms with Crippen molar-refractivity contribution in [2.24, 2.45) is 5.41 Å². The third-order valence-electron chi connectivity index (χ3n) is 3.06. The fourth-order valence-electron chi connectivity index (χ4n) is 2.38. The second-order valence-electron chi connectivity index (χ2n) is 5.46. The number of fused-ring (bicyclic) bond motifs is 1. The first-order valence-electron chi connectivity index (χ1n) is 6.10. The fraction of sp³-hybridized carbons (Fsp3) is 0.571. The molecule has 1 heterocycles. The summed E-state index contributed by atoms with van der Waals surface area (Å²) in [5, 5.41) is 3.37. The van der Waals surface area contributed by atoms with E-state index in [-0.39, 0.29) is 11.5 Å². The molecule has 1 aromatic carbocycles. The zero-order chi connectivity index (χ0) is 12.5. The van der Waals surface area contributed by atoms with Crippen LogP contribution in [0.2, 0.25) is 0 Å². The van der Waals surface area contributed by atoms with Gasteiger partial charge in [-0.3, -0.25) is 0 Å². The molecule has 0 radical (unpaired) electrons. The Morgan fingerprint density at radius 3 is 2.53 bits per heavy atom. The number of ether oxygens (including phenoxy) is 2. The van der Waals surface area contributed by atoms with Gasteiger partial charge in [0.15, 0.2) is 11.5 Å². The van der Waals surface area contributed by atoms with Crippen LogP contribution in [-0.2, 0) is 0 Å². The number of hydrogen-bond acceptors (Lipinski definition) is 3. The highest BCUT2D eigenvalue weighted by atomic mass is 16.6. The number of para-hydroxylation sites is 1. The van der Waals surface area contributed by atoms with E-state index in [1.54, 1.807) is 0 Å². The van der Waals surface area contributed by atoms with Crippen molar-refractivity contribution in [2.45, 2.75) is 26.8 Å². The van der Waals surface area contributed by atoms with Crippen LogP contribution in [0, 0.1) is 5.41 Å². The summed E-state index contributed by atoms with van der Waals surface area (Å²) in [6.45, 7) is 7.92. The lowest BCUT2D eigenvalue weighted by Crippen LogP contribution is -2.31. The minimum Gasteiger partial charge on any atom is -0.486 e. The van der Waals surface area contributed by atoms with Crippen molar-refractivity contribution < 1.29 is 9.47 Å². The van der Waals surface area contributed by atoms with Gasteiger partial charge < -0.3 is 14.8 Å². The lowest BCUT2D eigenvalue weighted by atomic mass is 9.82. The predicted molar refractivity (Wildman–Crippen MR) is 68.7 cm³/mol. The molecule has 0 amide bonds. The Bertz CT molecular complexity index is 396. The Morgan fingerprint density at radius 2 is 1.88 bits per heavy atom. The number of hydrogen-bond donors (Lipinski definition) is 1. The van der Waals surface area contributed by atoms with Gasteiger partial charge in [-0.15, -0.1) is 0 Å². The van der Waals surface area contributed by atoms with Crippen molar-refractivity contribution in [1.82, 2.24) is 5.32 Å². The first kappa shape index (κ1) is 12.2. The standard InChI is InChI=1S/C14H21NO2/c1-14(2,3)13(15-4)10-6-5-7-11-12(10)17-9-8-16-11/h5-7,13,15H,8-9H2,1-4H3. The molecule has 0 saturated carbocycles. The molecule has 0 aliphatic carbocycles. The molecular weight excluding hydrogens is 214 g/mol. The third-order valence-corrected chi connectivity index (χ3v) is 3.06. The molecule has 94 valence electrons. The molecule has 17 heavy (non-hydrogen) atoms. The molecule has 0 aromatic heterocycles. The van der Waals surface area contributed by atoms with Gasteiger partial charge in [0, 0.05) is 11.6 Å². The van der Waals surface area contributed by atoms with Crippen molar-refractivity contribution in [3.8, 4) is 11.5 Å². The number of benzene rings is 1. The molecule has 1 aliphatic heterocycles. The molecule has 2 rings (SSSR count). The smallest absolute Gasteiger partial charge is 0.166 e. The maximum absolute atomic E-state index is 5.77. The van der Waals surface area contributed by atoms with Crippen LogP contribution in [0.3, 0.4) is 0 Å². The molecule has 3 heteroatoms. The van der Waals surface area contributed by atoms with Gasteiger partial charge in [-0.25, -0.2) is 0 Å². The molecule has 1 unspecified atom stereocenters. The first-order chi connectivity index (χ1) is 8.04. The summed E-state index contributed by atoms with van der Waals surface area (Å²) in [6.07, 6.45) is 0. The summed E-state index contributed by atoms with van der Waals surface area (Å²) in [7, 11) is 1.99. The van der Waals surface area contributed by atoms with E-state index < -0.39 is 0 Å². The van der Waals surface area contributed by atoms with Gasteiger partial charge in [0.05, 0.1) is 0 Å². The van der Waals surface area contributed by atoms with Gasteiger partial charge in [0.2, 0.25) is 0 Å². The highest BCUT2D eigenvalue weighted by Crippen LogP contribution is 2.42. The molecule has 3 nitrogen and oxygen atoms in total. The summed E-state index contributed by atoms with van der Waals surface area (Å²) in [5.74, 6) is 1.76. The zero-order valence-electron chi connectivity index (χ0n) is 11.0. The second-order valence-corrected chi connectivity index (χ2v) is 5.46. The quantitative estimate of drug-likeness (QED) is 0.855.